The predicted molar refractivity (Wildman–Crippen MR) is 120 cm³/mol. The Labute approximate surface area is 195 Å². The average molecular weight is 483 g/mol. The number of fused-ring (bicyclic) bond motifs is 1. The van der Waals surface area contributed by atoms with E-state index < -0.39 is 28.3 Å². The highest BCUT2D eigenvalue weighted by Crippen LogP contribution is 2.32. The number of nitrogens with zero attached hydrogens (tertiary/aromatic N) is 2. The van der Waals surface area contributed by atoms with E-state index in [2.05, 4.69) is 0 Å². The number of ether oxygens (including phenoxy) is 3. The van der Waals surface area contributed by atoms with Crippen LogP contribution in [0.5, 0.6) is 5.75 Å². The van der Waals surface area contributed by atoms with Crippen LogP contribution in [0.15, 0.2) is 29.2 Å². The predicted octanol–water partition coefficient (Wildman–Crippen LogP) is 1.40. The Morgan fingerprint density at radius 3 is 2.73 bits per heavy atom. The van der Waals surface area contributed by atoms with E-state index >= 15 is 0 Å². The molecule has 1 aromatic rings. The van der Waals surface area contributed by atoms with Crippen LogP contribution in [0.4, 0.5) is 0 Å². The molecule has 10 heteroatoms. The highest BCUT2D eigenvalue weighted by atomic mass is 32.2. The smallest absolute Gasteiger partial charge is 0.243 e. The zero-order valence-corrected chi connectivity index (χ0v) is 19.9. The maximum atomic E-state index is 13.6. The Balaban J connectivity index is 1.51. The number of rotatable bonds is 5. The lowest BCUT2D eigenvalue weighted by Crippen LogP contribution is -2.57. The van der Waals surface area contributed by atoms with Gasteiger partial charge in [0.05, 0.1) is 56.0 Å². The van der Waals surface area contributed by atoms with Gasteiger partial charge in [-0.3, -0.25) is 4.79 Å². The molecular weight excluding hydrogens is 448 g/mol. The first-order valence-corrected chi connectivity index (χ1v) is 13.2. The van der Waals surface area contributed by atoms with Crippen LogP contribution in [0.3, 0.4) is 0 Å². The number of carbonyl (C=O) groups excluding carboxylic acids is 1. The van der Waals surface area contributed by atoms with Gasteiger partial charge in [0.15, 0.2) is 0 Å². The molecule has 3 heterocycles. The number of methoxy groups -OCH3 is 1. The number of sulfonamides is 1. The van der Waals surface area contributed by atoms with E-state index in [0.29, 0.717) is 25.0 Å². The monoisotopic (exact) mass is 482 g/mol. The van der Waals surface area contributed by atoms with E-state index in [1.807, 2.05) is 4.90 Å². The van der Waals surface area contributed by atoms with Crippen molar-refractivity contribution < 1.29 is 32.5 Å². The molecule has 1 amide bonds. The quantitative estimate of drug-likeness (QED) is 0.676. The molecule has 184 valence electrons. The summed E-state index contributed by atoms with van der Waals surface area (Å²) in [5, 5.41) is 10.4. The van der Waals surface area contributed by atoms with Crippen molar-refractivity contribution >= 4 is 15.9 Å². The van der Waals surface area contributed by atoms with E-state index in [0.717, 1.165) is 32.4 Å². The summed E-state index contributed by atoms with van der Waals surface area (Å²) in [6.07, 6.45) is 2.92. The summed E-state index contributed by atoms with van der Waals surface area (Å²) in [5.74, 6) is 0.543. The van der Waals surface area contributed by atoms with E-state index in [4.69, 9.17) is 14.2 Å². The average Bonchev–Trinajstić information content (AvgIpc) is 2.82. The van der Waals surface area contributed by atoms with Crippen LogP contribution in [0.2, 0.25) is 0 Å². The topological polar surface area (TPSA) is 106 Å². The fraction of sp³-hybridized carbons (Fsp3) is 0.696. The van der Waals surface area contributed by atoms with Gasteiger partial charge in [-0.1, -0.05) is 6.07 Å². The molecule has 3 aliphatic heterocycles. The van der Waals surface area contributed by atoms with Gasteiger partial charge < -0.3 is 24.2 Å². The van der Waals surface area contributed by atoms with Crippen molar-refractivity contribution in [3.63, 3.8) is 0 Å². The van der Waals surface area contributed by atoms with Crippen LogP contribution < -0.4 is 4.74 Å². The lowest BCUT2D eigenvalue weighted by molar-refractivity contribution is -0.152. The van der Waals surface area contributed by atoms with Gasteiger partial charge in [-0.25, -0.2) is 8.42 Å². The second-order valence-corrected chi connectivity index (χ2v) is 10.9. The van der Waals surface area contributed by atoms with Crippen LogP contribution in [0, 0.1) is 0 Å². The van der Waals surface area contributed by atoms with Crippen molar-refractivity contribution in [1.82, 2.24) is 9.21 Å². The maximum absolute atomic E-state index is 13.6. The SMILES string of the molecule is COc1cccc(S(=O)(=O)N2C[C@@H](O)COC[C@H]3O[C@@H](CC(=O)N4CCCCC4)CC[C@@H]32)c1. The Kier molecular flexibility index (Phi) is 7.91. The van der Waals surface area contributed by atoms with Crippen molar-refractivity contribution in [2.75, 3.05) is 40.0 Å². The molecule has 0 unspecified atom stereocenters. The Bertz CT molecular complexity index is 919. The fourth-order valence-electron chi connectivity index (χ4n) is 4.94. The number of benzene rings is 1. The molecule has 1 aromatic carbocycles. The third-order valence-corrected chi connectivity index (χ3v) is 8.58. The summed E-state index contributed by atoms with van der Waals surface area (Å²) < 4.78 is 45.6. The van der Waals surface area contributed by atoms with Gasteiger partial charge >= 0.3 is 0 Å². The molecule has 3 fully saturated rings. The molecule has 0 bridgehead atoms. The summed E-state index contributed by atoms with van der Waals surface area (Å²) in [6.45, 7) is 1.70. The zero-order valence-electron chi connectivity index (χ0n) is 19.1. The second kappa shape index (κ2) is 10.7. The number of β-amino-alcohol motifs (C(OH)–C–C–N with tert-alkyl or cyclic N) is 1. The molecule has 3 aliphatic rings. The first-order chi connectivity index (χ1) is 15.9. The fourth-order valence-corrected chi connectivity index (χ4v) is 6.69. The molecule has 0 saturated carbocycles. The normalized spacial score (nSPS) is 29.6. The van der Waals surface area contributed by atoms with Crippen LogP contribution in [-0.2, 0) is 24.3 Å². The van der Waals surface area contributed by atoms with E-state index in [1.54, 1.807) is 12.1 Å². The van der Waals surface area contributed by atoms with Gasteiger partial charge in [-0.05, 0) is 44.2 Å². The number of aliphatic hydroxyl groups excluding tert-OH is 1. The summed E-state index contributed by atoms with van der Waals surface area (Å²) in [7, 11) is -2.43. The molecule has 1 N–H and O–H groups in total. The van der Waals surface area contributed by atoms with Crippen molar-refractivity contribution in [3.05, 3.63) is 24.3 Å². The number of likely N-dealkylation sites (tertiary alicyclic amines) is 1. The minimum atomic E-state index is -3.91. The minimum Gasteiger partial charge on any atom is -0.497 e. The van der Waals surface area contributed by atoms with Crippen molar-refractivity contribution in [1.29, 1.82) is 0 Å². The van der Waals surface area contributed by atoms with Crippen LogP contribution in [-0.4, -0.2) is 92.9 Å². The third kappa shape index (κ3) is 5.68. The summed E-state index contributed by atoms with van der Waals surface area (Å²) in [4.78, 5) is 14.7. The van der Waals surface area contributed by atoms with Gasteiger partial charge in [0.25, 0.3) is 0 Å². The molecule has 4 rings (SSSR count). The molecule has 0 spiro atoms. The minimum absolute atomic E-state index is 0.0219. The van der Waals surface area contributed by atoms with Crippen LogP contribution in [0.25, 0.3) is 0 Å². The van der Waals surface area contributed by atoms with E-state index in [9.17, 15) is 18.3 Å². The zero-order chi connectivity index (χ0) is 23.4. The standard InChI is InChI=1S/C23H34N2O7S/c1-30-18-6-5-7-20(12-18)33(28,29)25-14-17(26)15-31-16-22-21(25)9-8-19(32-22)13-23(27)24-10-3-2-4-11-24/h5-7,12,17,19,21-22,26H,2-4,8-11,13-16H2,1H3/t17-,19-,21+,22-/m1/s1. The van der Waals surface area contributed by atoms with Gasteiger partial charge in [0.1, 0.15) is 5.75 Å². The molecule has 33 heavy (non-hydrogen) atoms. The lowest BCUT2D eigenvalue weighted by Gasteiger charge is -2.43. The van der Waals surface area contributed by atoms with Crippen molar-refractivity contribution in [2.24, 2.45) is 0 Å². The van der Waals surface area contributed by atoms with E-state index in [1.165, 1.54) is 23.5 Å². The molecule has 9 nitrogen and oxygen atoms in total. The molecule has 4 atom stereocenters. The number of hydrogen-bond donors (Lipinski definition) is 1. The van der Waals surface area contributed by atoms with Gasteiger partial charge in [0.2, 0.25) is 15.9 Å². The second-order valence-electron chi connectivity index (χ2n) is 9.03. The highest BCUT2D eigenvalue weighted by Gasteiger charge is 2.43. The number of carbonyl (C=O) groups is 1. The Morgan fingerprint density at radius 1 is 1.18 bits per heavy atom. The molecule has 0 aromatic heterocycles. The number of piperidine rings is 1. The van der Waals surface area contributed by atoms with Crippen LogP contribution in [0.1, 0.15) is 38.5 Å². The summed E-state index contributed by atoms with van der Waals surface area (Å²) >= 11 is 0. The van der Waals surface area contributed by atoms with Gasteiger partial charge in [0, 0.05) is 25.7 Å². The van der Waals surface area contributed by atoms with E-state index in [-0.39, 0.29) is 36.7 Å². The molecule has 0 aliphatic carbocycles. The summed E-state index contributed by atoms with van der Waals surface area (Å²) in [5.41, 5.74) is 0. The van der Waals surface area contributed by atoms with Crippen LogP contribution >= 0.6 is 0 Å². The third-order valence-electron chi connectivity index (χ3n) is 6.69. The lowest BCUT2D eigenvalue weighted by atomic mass is 9.96. The highest BCUT2D eigenvalue weighted by molar-refractivity contribution is 7.89. The van der Waals surface area contributed by atoms with Crippen molar-refractivity contribution in [3.8, 4) is 5.75 Å². The summed E-state index contributed by atoms with van der Waals surface area (Å²) in [6, 6.07) is 5.84. The van der Waals surface area contributed by atoms with Gasteiger partial charge in [-0.2, -0.15) is 4.31 Å². The first kappa shape index (κ1) is 24.4. The molecule has 3 saturated heterocycles. The molecular formula is C23H34N2O7S. The maximum Gasteiger partial charge on any atom is 0.243 e. The van der Waals surface area contributed by atoms with Crippen molar-refractivity contribution in [2.45, 2.75) is 67.8 Å². The largest absolute Gasteiger partial charge is 0.497 e. The molecule has 0 radical (unpaired) electrons. The van der Waals surface area contributed by atoms with Gasteiger partial charge in [-0.15, -0.1) is 0 Å². The number of hydrogen-bond acceptors (Lipinski definition) is 7. The number of amides is 1. The Morgan fingerprint density at radius 2 is 1.97 bits per heavy atom. The Hall–Kier alpha value is -1.72. The number of aliphatic hydroxyl groups is 1. The first-order valence-electron chi connectivity index (χ1n) is 11.7.